The lowest BCUT2D eigenvalue weighted by Gasteiger charge is -2.39. The molecule has 4 unspecified atom stereocenters. The third-order valence-corrected chi connectivity index (χ3v) is 11.8. The number of rotatable bonds is 19. The largest absolute Gasteiger partial charge is 0.497 e. The molecule has 0 aliphatic carbocycles. The van der Waals surface area contributed by atoms with Crippen molar-refractivity contribution in [2.45, 2.75) is 90.5 Å². The second-order valence-corrected chi connectivity index (χ2v) is 15.9. The van der Waals surface area contributed by atoms with Crippen LogP contribution in [-0.4, -0.2) is 71.9 Å². The van der Waals surface area contributed by atoms with Crippen molar-refractivity contribution >= 4 is 20.3 Å². The van der Waals surface area contributed by atoms with E-state index in [0.717, 1.165) is 16.7 Å². The minimum atomic E-state index is -1.68. The van der Waals surface area contributed by atoms with Gasteiger partial charge in [-0.1, -0.05) is 68.4 Å². The van der Waals surface area contributed by atoms with Crippen LogP contribution < -0.4 is 20.5 Å². The van der Waals surface area contributed by atoms with E-state index in [9.17, 15) is 14.9 Å². The Bertz CT molecular complexity index is 1930. The average molecular weight is 800 g/mol. The van der Waals surface area contributed by atoms with E-state index < -0.39 is 38.3 Å². The summed E-state index contributed by atoms with van der Waals surface area (Å²) in [5, 5.41) is 12.0. The summed E-state index contributed by atoms with van der Waals surface area (Å²) >= 11 is 0. The number of carbonyl (C=O) groups excluding carboxylic acids is 1. The molecule has 1 aliphatic heterocycles. The van der Waals surface area contributed by atoms with E-state index in [0.29, 0.717) is 11.5 Å². The highest BCUT2D eigenvalue weighted by molar-refractivity contribution is 7.44. The molecular formula is C43H54N5O8P. The maximum atomic E-state index is 13.5. The molecule has 1 aliphatic rings. The van der Waals surface area contributed by atoms with Crippen molar-refractivity contribution in [2.75, 3.05) is 32.8 Å². The number of methoxy groups -OCH3 is 2. The SMILES string of the molecule is COc1ccc(C(OCC2OC(n3ccc(NC(=O)C(C)C)nc3=O)CC2OP(OCCC#N)N(C(C)C)C(C)C)(c2ccccc2)c2ccc(OC)cc2)cc1. The number of aromatic nitrogens is 2. The van der Waals surface area contributed by atoms with Gasteiger partial charge in [-0.2, -0.15) is 10.2 Å². The Kier molecular flexibility index (Phi) is 15.4. The fraction of sp³-hybridized carbons (Fsp3) is 0.442. The summed E-state index contributed by atoms with van der Waals surface area (Å²) in [6, 6.07) is 29.3. The molecule has 4 aromatic rings. The molecule has 13 nitrogen and oxygen atoms in total. The van der Waals surface area contributed by atoms with Crippen molar-refractivity contribution in [1.82, 2.24) is 14.2 Å². The van der Waals surface area contributed by atoms with Crippen LogP contribution in [-0.2, 0) is 28.9 Å². The zero-order chi connectivity index (χ0) is 41.1. The highest BCUT2D eigenvalue weighted by Crippen LogP contribution is 2.50. The van der Waals surface area contributed by atoms with Gasteiger partial charge in [-0.15, -0.1) is 0 Å². The Morgan fingerprint density at radius 3 is 2.02 bits per heavy atom. The number of ether oxygens (including phenoxy) is 4. The van der Waals surface area contributed by atoms with Gasteiger partial charge in [-0.3, -0.25) is 9.36 Å². The molecule has 0 radical (unpaired) electrons. The lowest BCUT2D eigenvalue weighted by Crippen LogP contribution is -2.39. The van der Waals surface area contributed by atoms with Crippen LogP contribution in [0, 0.1) is 17.2 Å². The lowest BCUT2D eigenvalue weighted by molar-refractivity contribution is -0.118. The van der Waals surface area contributed by atoms with Gasteiger partial charge in [0.2, 0.25) is 5.91 Å². The van der Waals surface area contributed by atoms with Gasteiger partial charge in [0.25, 0.3) is 8.53 Å². The monoisotopic (exact) mass is 799 g/mol. The first-order valence-corrected chi connectivity index (χ1v) is 20.3. The van der Waals surface area contributed by atoms with E-state index in [4.69, 9.17) is 28.0 Å². The molecule has 5 rings (SSSR count). The standard InChI is InChI=1S/C43H54N5O8P/c1-29(2)41(49)45-39-23-25-47(42(50)46-39)40-27-37(56-57(54-26-12-24-44)48(30(3)4)31(5)6)38(55-40)28-53-43(32-13-10-9-11-14-32,33-15-19-35(51-7)20-16-33)34-17-21-36(52-8)22-18-34/h9-11,13-23,25,29-31,37-38,40H,12,26-28H2,1-8H3,(H,45,46,49,50). The van der Waals surface area contributed by atoms with Crippen LogP contribution >= 0.6 is 8.53 Å². The summed E-state index contributed by atoms with van der Waals surface area (Å²) in [5.41, 5.74) is 0.837. The molecule has 1 amide bonds. The minimum Gasteiger partial charge on any atom is -0.497 e. The maximum absolute atomic E-state index is 13.5. The van der Waals surface area contributed by atoms with Crippen molar-refractivity contribution in [1.29, 1.82) is 5.26 Å². The Morgan fingerprint density at radius 2 is 1.51 bits per heavy atom. The van der Waals surface area contributed by atoms with Crippen molar-refractivity contribution in [2.24, 2.45) is 5.92 Å². The van der Waals surface area contributed by atoms with Crippen LogP contribution in [0.25, 0.3) is 0 Å². The van der Waals surface area contributed by atoms with Gasteiger partial charge in [-0.05, 0) is 74.7 Å². The molecule has 1 N–H and O–H groups in total. The quantitative estimate of drug-likeness (QED) is 0.0563. The van der Waals surface area contributed by atoms with Gasteiger partial charge in [0, 0.05) is 30.6 Å². The van der Waals surface area contributed by atoms with Gasteiger partial charge in [0.05, 0.1) is 46.0 Å². The first-order chi connectivity index (χ1) is 27.4. The first-order valence-electron chi connectivity index (χ1n) is 19.2. The van der Waals surface area contributed by atoms with Crippen LogP contribution in [0.5, 0.6) is 11.5 Å². The molecule has 14 heteroatoms. The van der Waals surface area contributed by atoms with Crippen molar-refractivity contribution in [3.8, 4) is 17.6 Å². The Morgan fingerprint density at radius 1 is 0.930 bits per heavy atom. The average Bonchev–Trinajstić information content (AvgIpc) is 3.60. The maximum Gasteiger partial charge on any atom is 0.351 e. The molecule has 57 heavy (non-hydrogen) atoms. The highest BCUT2D eigenvalue weighted by Gasteiger charge is 2.45. The van der Waals surface area contributed by atoms with E-state index in [1.165, 1.54) is 4.57 Å². The normalized spacial score (nSPS) is 17.6. The van der Waals surface area contributed by atoms with Crippen LogP contribution in [0.1, 0.15) is 77.3 Å². The molecule has 4 atom stereocenters. The third-order valence-electron chi connectivity index (χ3n) is 9.62. The summed E-state index contributed by atoms with van der Waals surface area (Å²) in [4.78, 5) is 30.0. The molecule has 1 fully saturated rings. The number of nitrogens with zero attached hydrogens (tertiary/aromatic N) is 4. The summed E-state index contributed by atoms with van der Waals surface area (Å²) in [7, 11) is 1.57. The Balaban J connectivity index is 1.58. The molecule has 0 bridgehead atoms. The van der Waals surface area contributed by atoms with Crippen LogP contribution in [0.4, 0.5) is 5.82 Å². The molecule has 2 heterocycles. The fourth-order valence-corrected chi connectivity index (χ4v) is 8.55. The Hall–Kier alpha value is -4.67. The number of carbonyl (C=O) groups is 1. The number of benzene rings is 3. The predicted octanol–water partition coefficient (Wildman–Crippen LogP) is 7.81. The molecular weight excluding hydrogens is 745 g/mol. The first kappa shape index (κ1) is 43.5. The summed E-state index contributed by atoms with van der Waals surface area (Å²) in [6.07, 6.45) is -0.0643. The third kappa shape index (κ3) is 10.4. The highest BCUT2D eigenvalue weighted by atomic mass is 31.2. The smallest absolute Gasteiger partial charge is 0.351 e. The number of anilines is 1. The number of nitriles is 1. The zero-order valence-corrected chi connectivity index (χ0v) is 34.8. The zero-order valence-electron chi connectivity index (χ0n) is 34.0. The molecule has 3 aromatic carbocycles. The van der Waals surface area contributed by atoms with Gasteiger partial charge in [0.1, 0.15) is 35.2 Å². The second-order valence-electron chi connectivity index (χ2n) is 14.5. The van der Waals surface area contributed by atoms with Gasteiger partial charge in [0.15, 0.2) is 0 Å². The van der Waals surface area contributed by atoms with Crippen LogP contribution in [0.2, 0.25) is 0 Å². The van der Waals surface area contributed by atoms with Crippen molar-refractivity contribution in [3.05, 3.63) is 118 Å². The van der Waals surface area contributed by atoms with E-state index >= 15 is 0 Å². The second kappa shape index (κ2) is 20.1. The molecule has 1 aromatic heterocycles. The predicted molar refractivity (Wildman–Crippen MR) is 219 cm³/mol. The van der Waals surface area contributed by atoms with E-state index in [-0.39, 0.29) is 55.8 Å². The summed E-state index contributed by atoms with van der Waals surface area (Å²) in [5.74, 6) is 1.02. The van der Waals surface area contributed by atoms with Gasteiger partial charge < -0.3 is 33.3 Å². The van der Waals surface area contributed by atoms with E-state index in [1.807, 2.05) is 78.9 Å². The fourth-order valence-electron chi connectivity index (χ4n) is 6.80. The van der Waals surface area contributed by atoms with Gasteiger partial charge >= 0.3 is 5.69 Å². The molecule has 0 spiro atoms. The summed E-state index contributed by atoms with van der Waals surface area (Å²) in [6.45, 7) is 12.0. The molecule has 1 saturated heterocycles. The molecule has 0 saturated carbocycles. The Labute approximate surface area is 336 Å². The number of hydrogen-bond acceptors (Lipinski definition) is 11. The van der Waals surface area contributed by atoms with Crippen molar-refractivity contribution in [3.63, 3.8) is 0 Å². The van der Waals surface area contributed by atoms with E-state index in [1.54, 1.807) is 40.3 Å². The van der Waals surface area contributed by atoms with Gasteiger partial charge in [-0.25, -0.2) is 9.46 Å². The van der Waals surface area contributed by atoms with E-state index in [2.05, 4.69) is 48.7 Å². The van der Waals surface area contributed by atoms with Crippen molar-refractivity contribution < 1.29 is 32.8 Å². The topological polar surface area (TPSA) is 146 Å². The lowest BCUT2D eigenvalue weighted by atomic mass is 9.80. The minimum absolute atomic E-state index is 0.0313. The number of hydrogen-bond donors (Lipinski definition) is 1. The summed E-state index contributed by atoms with van der Waals surface area (Å²) < 4.78 is 41.8. The van der Waals surface area contributed by atoms with Crippen LogP contribution in [0.15, 0.2) is 95.9 Å². The number of nitrogens with one attached hydrogen (secondary N) is 1. The number of amides is 1. The van der Waals surface area contributed by atoms with Crippen LogP contribution in [0.3, 0.4) is 0 Å². The molecule has 304 valence electrons.